The second-order valence-corrected chi connectivity index (χ2v) is 8.22. The standard InChI is InChI=1S/C26H24N4O3/c1-17-5-4-12-29-16-23(28-25(17)29)18-6-3-7-20(13-18)27-26(32)19-14-24(31)30(15-19)21-8-10-22(33-2)11-9-21/h3-13,16,19H,14-15H2,1-2H3,(H,27,32)/t19-/m0/s1. The number of ether oxygens (including phenoxy) is 1. The maximum Gasteiger partial charge on any atom is 0.229 e. The van der Waals surface area contributed by atoms with E-state index in [1.165, 1.54) is 0 Å². The van der Waals surface area contributed by atoms with Crippen LogP contribution in [-0.4, -0.2) is 34.9 Å². The van der Waals surface area contributed by atoms with Gasteiger partial charge in [0, 0.05) is 42.3 Å². The van der Waals surface area contributed by atoms with Crippen molar-refractivity contribution in [3.05, 3.63) is 78.6 Å². The van der Waals surface area contributed by atoms with Crippen molar-refractivity contribution in [2.75, 3.05) is 23.9 Å². The molecule has 0 bridgehead atoms. The number of amides is 2. The number of fused-ring (bicyclic) bond motifs is 1. The number of imidazole rings is 1. The first-order valence-electron chi connectivity index (χ1n) is 10.8. The zero-order valence-corrected chi connectivity index (χ0v) is 18.5. The number of rotatable bonds is 5. The fourth-order valence-corrected chi connectivity index (χ4v) is 4.19. The molecule has 3 heterocycles. The number of carbonyl (C=O) groups is 2. The van der Waals surface area contributed by atoms with Crippen LogP contribution in [-0.2, 0) is 9.59 Å². The van der Waals surface area contributed by atoms with E-state index in [2.05, 4.69) is 5.32 Å². The van der Waals surface area contributed by atoms with E-state index in [9.17, 15) is 9.59 Å². The van der Waals surface area contributed by atoms with Crippen LogP contribution in [0.5, 0.6) is 5.75 Å². The highest BCUT2D eigenvalue weighted by atomic mass is 16.5. The summed E-state index contributed by atoms with van der Waals surface area (Å²) >= 11 is 0. The monoisotopic (exact) mass is 440 g/mol. The van der Waals surface area contributed by atoms with Gasteiger partial charge in [-0.3, -0.25) is 9.59 Å². The van der Waals surface area contributed by atoms with Crippen LogP contribution in [0.1, 0.15) is 12.0 Å². The molecule has 1 saturated heterocycles. The molecule has 0 saturated carbocycles. The molecule has 1 fully saturated rings. The van der Waals surface area contributed by atoms with E-state index in [1.807, 2.05) is 84.4 Å². The van der Waals surface area contributed by atoms with E-state index in [4.69, 9.17) is 9.72 Å². The highest BCUT2D eigenvalue weighted by molar-refractivity contribution is 6.03. The largest absolute Gasteiger partial charge is 0.497 e. The molecule has 1 aliphatic rings. The third-order valence-electron chi connectivity index (χ3n) is 5.98. The molecular weight excluding hydrogens is 416 g/mol. The highest BCUT2D eigenvalue weighted by Crippen LogP contribution is 2.28. The van der Waals surface area contributed by atoms with Gasteiger partial charge < -0.3 is 19.4 Å². The fourth-order valence-electron chi connectivity index (χ4n) is 4.19. The molecule has 0 radical (unpaired) electrons. The minimum atomic E-state index is -0.416. The molecule has 0 aliphatic carbocycles. The van der Waals surface area contributed by atoms with Gasteiger partial charge in [0.1, 0.15) is 11.4 Å². The van der Waals surface area contributed by atoms with Crippen LogP contribution in [0.2, 0.25) is 0 Å². The van der Waals surface area contributed by atoms with Crippen molar-refractivity contribution in [1.29, 1.82) is 0 Å². The summed E-state index contributed by atoms with van der Waals surface area (Å²) in [6, 6.07) is 18.9. The number of benzene rings is 2. The number of nitrogens with zero attached hydrogens (tertiary/aromatic N) is 3. The average molecular weight is 441 g/mol. The van der Waals surface area contributed by atoms with Gasteiger partial charge in [-0.1, -0.05) is 18.2 Å². The van der Waals surface area contributed by atoms with E-state index in [-0.39, 0.29) is 18.2 Å². The Morgan fingerprint density at radius 1 is 1.12 bits per heavy atom. The molecule has 0 spiro atoms. The molecule has 2 amide bonds. The van der Waals surface area contributed by atoms with Crippen LogP contribution in [0, 0.1) is 12.8 Å². The number of aryl methyl sites for hydroxylation is 1. The van der Waals surface area contributed by atoms with Crippen LogP contribution in [0.15, 0.2) is 73.1 Å². The molecule has 7 nitrogen and oxygen atoms in total. The summed E-state index contributed by atoms with van der Waals surface area (Å²) in [6.07, 6.45) is 4.13. The Kier molecular flexibility index (Phi) is 5.30. The second kappa shape index (κ2) is 8.43. The molecule has 2 aromatic carbocycles. The number of hydrogen-bond donors (Lipinski definition) is 1. The average Bonchev–Trinajstić information content (AvgIpc) is 3.44. The van der Waals surface area contributed by atoms with Crippen LogP contribution in [0.4, 0.5) is 11.4 Å². The SMILES string of the molecule is COc1ccc(N2C[C@@H](C(=O)Nc3cccc(-c4cn5cccc(C)c5n4)c3)CC2=O)cc1. The van der Waals surface area contributed by atoms with Gasteiger partial charge in [0.15, 0.2) is 0 Å². The molecule has 0 unspecified atom stereocenters. The Bertz CT molecular complexity index is 1340. The number of pyridine rings is 1. The van der Waals surface area contributed by atoms with Crippen molar-refractivity contribution in [2.45, 2.75) is 13.3 Å². The lowest BCUT2D eigenvalue weighted by Crippen LogP contribution is -2.28. The molecule has 33 heavy (non-hydrogen) atoms. The third-order valence-corrected chi connectivity index (χ3v) is 5.98. The van der Waals surface area contributed by atoms with Crippen LogP contribution in [0.25, 0.3) is 16.9 Å². The molecule has 1 aliphatic heterocycles. The van der Waals surface area contributed by atoms with E-state index in [0.29, 0.717) is 12.2 Å². The summed E-state index contributed by atoms with van der Waals surface area (Å²) in [5.41, 5.74) is 5.20. The first-order valence-corrected chi connectivity index (χ1v) is 10.8. The van der Waals surface area contributed by atoms with Crippen LogP contribution in [0.3, 0.4) is 0 Å². The van der Waals surface area contributed by atoms with Crippen LogP contribution >= 0.6 is 0 Å². The smallest absolute Gasteiger partial charge is 0.229 e. The van der Waals surface area contributed by atoms with Crippen molar-refractivity contribution < 1.29 is 14.3 Å². The second-order valence-electron chi connectivity index (χ2n) is 8.22. The molecule has 1 N–H and O–H groups in total. The lowest BCUT2D eigenvalue weighted by Gasteiger charge is -2.17. The number of carbonyl (C=O) groups excluding carboxylic acids is 2. The van der Waals surface area contributed by atoms with Crippen molar-refractivity contribution >= 4 is 28.8 Å². The van der Waals surface area contributed by atoms with Crippen molar-refractivity contribution in [2.24, 2.45) is 5.92 Å². The molecule has 2 aromatic heterocycles. The molecule has 5 rings (SSSR count). The molecule has 4 aromatic rings. The van der Waals surface area contributed by atoms with Gasteiger partial charge in [-0.05, 0) is 55.0 Å². The quantitative estimate of drug-likeness (QED) is 0.502. The van der Waals surface area contributed by atoms with Crippen molar-refractivity contribution in [3.8, 4) is 17.0 Å². The van der Waals surface area contributed by atoms with E-state index >= 15 is 0 Å². The Morgan fingerprint density at radius 3 is 2.70 bits per heavy atom. The van der Waals surface area contributed by atoms with E-state index < -0.39 is 5.92 Å². The number of anilines is 2. The van der Waals surface area contributed by atoms with E-state index in [1.54, 1.807) is 12.0 Å². The van der Waals surface area contributed by atoms with Gasteiger partial charge in [0.2, 0.25) is 11.8 Å². The Morgan fingerprint density at radius 2 is 1.94 bits per heavy atom. The van der Waals surface area contributed by atoms with Gasteiger partial charge in [0.05, 0.1) is 18.7 Å². The minimum absolute atomic E-state index is 0.0610. The lowest BCUT2D eigenvalue weighted by atomic mass is 10.1. The van der Waals surface area contributed by atoms with Gasteiger partial charge in [-0.25, -0.2) is 4.98 Å². The fraction of sp³-hybridized carbons (Fsp3) is 0.192. The Balaban J connectivity index is 1.31. The molecule has 1 atom stereocenters. The topological polar surface area (TPSA) is 75.9 Å². The summed E-state index contributed by atoms with van der Waals surface area (Å²) < 4.78 is 7.17. The van der Waals surface area contributed by atoms with E-state index in [0.717, 1.165) is 33.9 Å². The zero-order valence-electron chi connectivity index (χ0n) is 18.5. The Labute approximate surface area is 191 Å². The predicted octanol–water partition coefficient (Wildman–Crippen LogP) is 4.31. The number of hydrogen-bond acceptors (Lipinski definition) is 4. The number of methoxy groups -OCH3 is 1. The predicted molar refractivity (Wildman–Crippen MR) is 127 cm³/mol. The summed E-state index contributed by atoms with van der Waals surface area (Å²) in [6.45, 7) is 2.38. The number of aromatic nitrogens is 2. The molecular formula is C26H24N4O3. The third kappa shape index (κ3) is 4.05. The Hall–Kier alpha value is -4.13. The van der Waals surface area contributed by atoms with Crippen molar-refractivity contribution in [1.82, 2.24) is 9.38 Å². The normalized spacial score (nSPS) is 15.8. The zero-order chi connectivity index (χ0) is 22.9. The van der Waals surface area contributed by atoms with Gasteiger partial charge in [0.25, 0.3) is 0 Å². The molecule has 166 valence electrons. The molecule has 7 heteroatoms. The number of nitrogens with one attached hydrogen (secondary N) is 1. The van der Waals surface area contributed by atoms with Gasteiger partial charge >= 0.3 is 0 Å². The summed E-state index contributed by atoms with van der Waals surface area (Å²) in [5, 5.41) is 2.98. The summed E-state index contributed by atoms with van der Waals surface area (Å²) in [4.78, 5) is 31.9. The first kappa shape index (κ1) is 20.8. The maximum absolute atomic E-state index is 12.9. The minimum Gasteiger partial charge on any atom is -0.497 e. The van der Waals surface area contributed by atoms with Crippen LogP contribution < -0.4 is 15.0 Å². The lowest BCUT2D eigenvalue weighted by molar-refractivity contribution is -0.122. The van der Waals surface area contributed by atoms with Gasteiger partial charge in [-0.2, -0.15) is 0 Å². The summed E-state index contributed by atoms with van der Waals surface area (Å²) in [5.74, 6) is 0.0814. The highest BCUT2D eigenvalue weighted by Gasteiger charge is 2.35. The maximum atomic E-state index is 12.9. The van der Waals surface area contributed by atoms with Gasteiger partial charge in [-0.15, -0.1) is 0 Å². The summed E-state index contributed by atoms with van der Waals surface area (Å²) in [7, 11) is 1.60. The van der Waals surface area contributed by atoms with Crippen molar-refractivity contribution in [3.63, 3.8) is 0 Å². The first-order chi connectivity index (χ1) is 16.0.